The maximum atomic E-state index is 14.1. The topological polar surface area (TPSA) is 69.7 Å². The first-order valence-electron chi connectivity index (χ1n) is 11.7. The summed E-state index contributed by atoms with van der Waals surface area (Å²) in [6, 6.07) is 16.9. The molecular weight excluding hydrogens is 470 g/mol. The van der Waals surface area contributed by atoms with Crippen molar-refractivity contribution in [2.75, 3.05) is 29.3 Å². The molecule has 1 spiro atoms. The van der Waals surface area contributed by atoms with Crippen LogP contribution in [0.1, 0.15) is 24.0 Å². The molecule has 0 radical (unpaired) electrons. The normalized spacial score (nSPS) is 27.7. The van der Waals surface area contributed by atoms with Gasteiger partial charge in [0.2, 0.25) is 11.8 Å². The minimum atomic E-state index is -1.23. The summed E-state index contributed by atoms with van der Waals surface area (Å²) in [7, 11) is 0. The van der Waals surface area contributed by atoms with Crippen LogP contribution in [0.15, 0.2) is 54.6 Å². The molecule has 4 atom stereocenters. The molecule has 34 heavy (non-hydrogen) atoms. The number of thioether (sulfide) groups is 1. The Bertz CT molecular complexity index is 1110. The van der Waals surface area contributed by atoms with Crippen molar-refractivity contribution in [2.24, 2.45) is 11.8 Å². The van der Waals surface area contributed by atoms with Gasteiger partial charge in [0.1, 0.15) is 5.54 Å². The first-order chi connectivity index (χ1) is 16.5. The van der Waals surface area contributed by atoms with E-state index in [1.807, 2.05) is 60.9 Å². The smallest absolute Gasteiger partial charge is 0.252 e. The van der Waals surface area contributed by atoms with E-state index in [0.717, 1.165) is 22.6 Å². The van der Waals surface area contributed by atoms with E-state index < -0.39 is 17.4 Å². The number of imide groups is 1. The molecule has 8 heteroatoms. The van der Waals surface area contributed by atoms with Crippen LogP contribution in [0.2, 0.25) is 0 Å². The van der Waals surface area contributed by atoms with E-state index in [1.54, 1.807) is 16.7 Å². The number of fused-ring (bicyclic) bond motifs is 4. The molecule has 5 rings (SSSR count). The number of amides is 3. The lowest BCUT2D eigenvalue weighted by molar-refractivity contribution is -0.143. The maximum Gasteiger partial charge on any atom is 0.252 e. The fourth-order valence-electron chi connectivity index (χ4n) is 5.86. The molecule has 4 unspecified atom stereocenters. The molecule has 0 bridgehead atoms. The van der Waals surface area contributed by atoms with E-state index in [2.05, 4.69) is 5.32 Å². The Morgan fingerprint density at radius 3 is 2.47 bits per heavy atom. The summed E-state index contributed by atoms with van der Waals surface area (Å²) < 4.78 is 0. The fourth-order valence-corrected chi connectivity index (χ4v) is 6.47. The lowest BCUT2D eigenvalue weighted by Crippen LogP contribution is -2.55. The van der Waals surface area contributed by atoms with Gasteiger partial charge < -0.3 is 4.90 Å². The molecule has 2 aromatic rings. The summed E-state index contributed by atoms with van der Waals surface area (Å²) in [4.78, 5) is 44.9. The monoisotopic (exact) mass is 497 g/mol. The molecule has 3 heterocycles. The second-order valence-electron chi connectivity index (χ2n) is 9.11. The van der Waals surface area contributed by atoms with Crippen LogP contribution in [-0.4, -0.2) is 53.1 Å². The number of halogens is 1. The van der Waals surface area contributed by atoms with Crippen LogP contribution in [0.25, 0.3) is 0 Å². The van der Waals surface area contributed by atoms with Crippen molar-refractivity contribution in [3.8, 4) is 0 Å². The van der Waals surface area contributed by atoms with Crippen molar-refractivity contribution in [1.82, 2.24) is 10.2 Å². The number of nitrogens with zero attached hydrogens (tertiary/aromatic N) is 2. The minimum Gasteiger partial charge on any atom is -0.310 e. The molecule has 1 N–H and O–H groups in total. The van der Waals surface area contributed by atoms with Gasteiger partial charge in [0.05, 0.1) is 18.4 Å². The Hall–Kier alpha value is -2.35. The van der Waals surface area contributed by atoms with Gasteiger partial charge in [-0.3, -0.25) is 24.6 Å². The first-order valence-corrected chi connectivity index (χ1v) is 13.6. The molecular formula is C26H28ClN3O3S. The number of carbonyl (C=O) groups excluding carboxylic acids is 3. The van der Waals surface area contributed by atoms with Crippen LogP contribution in [-0.2, 0) is 26.5 Å². The number of carbonyl (C=O) groups is 3. The maximum absolute atomic E-state index is 14.1. The zero-order chi connectivity index (χ0) is 23.9. The van der Waals surface area contributed by atoms with E-state index in [-0.39, 0.29) is 30.3 Å². The Balaban J connectivity index is 1.59. The highest BCUT2D eigenvalue weighted by atomic mass is 35.5. The average molecular weight is 498 g/mol. The van der Waals surface area contributed by atoms with E-state index in [4.69, 9.17) is 11.6 Å². The Morgan fingerprint density at radius 1 is 1.00 bits per heavy atom. The Kier molecular flexibility index (Phi) is 6.44. The summed E-state index contributed by atoms with van der Waals surface area (Å²) in [6.45, 7) is 0.703. The summed E-state index contributed by atoms with van der Waals surface area (Å²) in [5, 5.41) is 3.55. The quantitative estimate of drug-likeness (QED) is 0.447. The van der Waals surface area contributed by atoms with Gasteiger partial charge in [0.25, 0.3) is 5.91 Å². The first kappa shape index (κ1) is 23.4. The lowest BCUT2D eigenvalue weighted by atomic mass is 9.76. The van der Waals surface area contributed by atoms with Crippen molar-refractivity contribution in [3.63, 3.8) is 0 Å². The van der Waals surface area contributed by atoms with Gasteiger partial charge in [0, 0.05) is 29.7 Å². The standard InChI is InChI=1S/C26H28ClN3O3S/c1-34-15-12-19-21-22(24(32)30(23(21)31)16-17-8-3-2-4-9-17)26(28-19)18-10-5-6-11-20(18)29(25(26)33)14-7-13-27/h2-6,8-11,19,21-22,28H,7,12-16H2,1H3. The number of likely N-dealkylation sites (tertiary alicyclic amines) is 1. The molecule has 0 aromatic heterocycles. The predicted octanol–water partition coefficient (Wildman–Crippen LogP) is 3.38. The molecule has 2 saturated heterocycles. The average Bonchev–Trinajstić information content (AvgIpc) is 3.41. The third kappa shape index (κ3) is 3.48. The third-order valence-corrected chi connectivity index (χ3v) is 8.20. The fraction of sp³-hybridized carbons (Fsp3) is 0.423. The second kappa shape index (κ2) is 9.36. The number of para-hydroxylation sites is 1. The van der Waals surface area contributed by atoms with Crippen LogP contribution in [0, 0.1) is 11.8 Å². The number of benzene rings is 2. The molecule has 6 nitrogen and oxygen atoms in total. The van der Waals surface area contributed by atoms with Crippen molar-refractivity contribution in [2.45, 2.75) is 31.0 Å². The van der Waals surface area contributed by atoms with Gasteiger partial charge in [-0.15, -0.1) is 11.6 Å². The highest BCUT2D eigenvalue weighted by molar-refractivity contribution is 7.98. The lowest BCUT2D eigenvalue weighted by Gasteiger charge is -2.30. The van der Waals surface area contributed by atoms with Crippen LogP contribution in [0.3, 0.4) is 0 Å². The highest BCUT2D eigenvalue weighted by Crippen LogP contribution is 2.55. The third-order valence-electron chi connectivity index (χ3n) is 7.29. The van der Waals surface area contributed by atoms with Gasteiger partial charge in [-0.2, -0.15) is 11.8 Å². The number of hydrogen-bond acceptors (Lipinski definition) is 5. The number of nitrogens with one attached hydrogen (secondary N) is 1. The van der Waals surface area contributed by atoms with E-state index >= 15 is 0 Å². The molecule has 3 amide bonds. The van der Waals surface area contributed by atoms with Crippen molar-refractivity contribution >= 4 is 46.8 Å². The number of alkyl halides is 1. The summed E-state index contributed by atoms with van der Waals surface area (Å²) in [6.07, 6.45) is 3.38. The van der Waals surface area contributed by atoms with Gasteiger partial charge in [-0.05, 0) is 36.5 Å². The Labute approximate surface area is 209 Å². The number of hydrogen-bond donors (Lipinski definition) is 1. The Morgan fingerprint density at radius 2 is 1.74 bits per heavy atom. The van der Waals surface area contributed by atoms with Crippen LogP contribution >= 0.6 is 23.4 Å². The summed E-state index contributed by atoms with van der Waals surface area (Å²) in [5.74, 6) is -0.638. The van der Waals surface area contributed by atoms with E-state index in [1.165, 1.54) is 4.90 Å². The zero-order valence-electron chi connectivity index (χ0n) is 19.1. The molecule has 3 aliphatic rings. The molecule has 2 fully saturated rings. The zero-order valence-corrected chi connectivity index (χ0v) is 20.6. The minimum absolute atomic E-state index is 0.150. The van der Waals surface area contributed by atoms with Gasteiger partial charge in [0.15, 0.2) is 0 Å². The van der Waals surface area contributed by atoms with Crippen LogP contribution in [0.5, 0.6) is 0 Å². The molecule has 0 saturated carbocycles. The van der Waals surface area contributed by atoms with Crippen molar-refractivity contribution in [1.29, 1.82) is 0 Å². The molecule has 0 aliphatic carbocycles. The molecule has 2 aromatic carbocycles. The highest BCUT2D eigenvalue weighted by Gasteiger charge is 2.71. The molecule has 3 aliphatic heterocycles. The van der Waals surface area contributed by atoms with Gasteiger partial charge in [-0.1, -0.05) is 48.5 Å². The largest absolute Gasteiger partial charge is 0.310 e. The van der Waals surface area contributed by atoms with Crippen LogP contribution < -0.4 is 10.2 Å². The van der Waals surface area contributed by atoms with Crippen LogP contribution in [0.4, 0.5) is 5.69 Å². The van der Waals surface area contributed by atoms with E-state index in [9.17, 15) is 14.4 Å². The van der Waals surface area contributed by atoms with Crippen molar-refractivity contribution in [3.05, 3.63) is 65.7 Å². The SMILES string of the molecule is CSCCC1NC2(C(=O)N(CCCCl)c3ccccc32)C2C(=O)N(Cc3ccccc3)C(=O)C12. The second-order valence-corrected chi connectivity index (χ2v) is 10.5. The van der Waals surface area contributed by atoms with Gasteiger partial charge in [-0.25, -0.2) is 0 Å². The summed E-state index contributed by atoms with van der Waals surface area (Å²) >= 11 is 7.65. The predicted molar refractivity (Wildman–Crippen MR) is 135 cm³/mol. The van der Waals surface area contributed by atoms with Crippen molar-refractivity contribution < 1.29 is 14.4 Å². The molecule has 178 valence electrons. The number of rotatable bonds is 8. The summed E-state index contributed by atoms with van der Waals surface area (Å²) in [5.41, 5.74) is 1.26. The van der Waals surface area contributed by atoms with Gasteiger partial charge >= 0.3 is 0 Å². The number of anilines is 1. The van der Waals surface area contributed by atoms with E-state index in [0.29, 0.717) is 25.3 Å².